The number of nitrogens with zero attached hydrogens (tertiary/aromatic N) is 4. The number of ether oxygens (including phenoxy) is 2. The Morgan fingerprint density at radius 2 is 2.14 bits per heavy atom. The van der Waals surface area contributed by atoms with Crippen molar-refractivity contribution in [2.24, 2.45) is 0 Å². The molecule has 8 heteroatoms. The van der Waals surface area contributed by atoms with Gasteiger partial charge >= 0.3 is 0 Å². The number of rotatable bonds is 4. The van der Waals surface area contributed by atoms with Gasteiger partial charge < -0.3 is 9.47 Å². The third-order valence-corrected chi connectivity index (χ3v) is 5.26. The van der Waals surface area contributed by atoms with E-state index in [2.05, 4.69) is 29.1 Å². The van der Waals surface area contributed by atoms with Crippen LogP contribution in [0.5, 0.6) is 11.5 Å². The van der Waals surface area contributed by atoms with Gasteiger partial charge in [-0.1, -0.05) is 25.2 Å². The van der Waals surface area contributed by atoms with E-state index in [-0.39, 0.29) is 6.79 Å². The predicted octanol–water partition coefficient (Wildman–Crippen LogP) is 3.22. The average molecular weight is 334 g/mol. The summed E-state index contributed by atoms with van der Waals surface area (Å²) in [5.74, 6) is 3.24. The fourth-order valence-electron chi connectivity index (χ4n) is 2.13. The van der Waals surface area contributed by atoms with Crippen molar-refractivity contribution < 1.29 is 9.47 Å². The Bertz CT molecular complexity index is 827. The maximum atomic E-state index is 5.42. The highest BCUT2D eigenvalue weighted by molar-refractivity contribution is 7.99. The molecule has 22 heavy (non-hydrogen) atoms. The molecule has 0 unspecified atom stereocenters. The van der Waals surface area contributed by atoms with Crippen LogP contribution in [0.4, 0.5) is 0 Å². The van der Waals surface area contributed by atoms with Gasteiger partial charge in [-0.2, -0.15) is 21.4 Å². The average Bonchev–Trinajstić information content (AvgIpc) is 3.19. The molecule has 0 atom stereocenters. The standard InChI is InChI=1S/C14H14N4O2S2/c1-8(2)21-6-12-15-16-14-18(12)17-13(22-14)9-3-4-10-11(5-9)20-7-19-10/h3-5,8H,6-7H2,1-2H3. The Morgan fingerprint density at radius 3 is 3.00 bits per heavy atom. The zero-order valence-electron chi connectivity index (χ0n) is 12.1. The first-order valence-corrected chi connectivity index (χ1v) is 8.80. The molecule has 0 saturated carbocycles. The van der Waals surface area contributed by atoms with Crippen LogP contribution >= 0.6 is 23.1 Å². The molecule has 0 fully saturated rings. The van der Waals surface area contributed by atoms with Crippen LogP contribution in [0.1, 0.15) is 19.7 Å². The first-order chi connectivity index (χ1) is 10.7. The van der Waals surface area contributed by atoms with E-state index in [9.17, 15) is 0 Å². The summed E-state index contributed by atoms with van der Waals surface area (Å²) in [6.07, 6.45) is 0. The van der Waals surface area contributed by atoms with Gasteiger partial charge in [0.2, 0.25) is 11.8 Å². The second kappa shape index (κ2) is 5.44. The lowest BCUT2D eigenvalue weighted by atomic mass is 10.2. The van der Waals surface area contributed by atoms with Crippen molar-refractivity contribution in [1.82, 2.24) is 19.8 Å². The lowest BCUT2D eigenvalue weighted by Gasteiger charge is -2.01. The van der Waals surface area contributed by atoms with Gasteiger partial charge in [0.05, 0.1) is 5.75 Å². The first-order valence-electron chi connectivity index (χ1n) is 6.93. The predicted molar refractivity (Wildman–Crippen MR) is 86.6 cm³/mol. The molecular formula is C14H14N4O2S2. The molecular weight excluding hydrogens is 320 g/mol. The molecule has 114 valence electrons. The molecule has 0 bridgehead atoms. The summed E-state index contributed by atoms with van der Waals surface area (Å²) in [7, 11) is 0. The number of aromatic nitrogens is 4. The third kappa shape index (κ3) is 2.42. The molecule has 0 amide bonds. The molecule has 0 radical (unpaired) electrons. The minimum Gasteiger partial charge on any atom is -0.454 e. The van der Waals surface area contributed by atoms with E-state index in [4.69, 9.17) is 9.47 Å². The highest BCUT2D eigenvalue weighted by Gasteiger charge is 2.17. The summed E-state index contributed by atoms with van der Waals surface area (Å²) in [4.78, 5) is 0.812. The Kier molecular flexibility index (Phi) is 3.42. The number of fused-ring (bicyclic) bond motifs is 2. The number of benzene rings is 1. The molecule has 3 heterocycles. The largest absolute Gasteiger partial charge is 0.454 e. The molecule has 0 saturated heterocycles. The Hall–Kier alpha value is -1.80. The normalized spacial score (nSPS) is 13.4. The van der Waals surface area contributed by atoms with Crippen LogP contribution in [0.3, 0.4) is 0 Å². The Morgan fingerprint density at radius 1 is 1.27 bits per heavy atom. The molecule has 1 aliphatic heterocycles. The van der Waals surface area contributed by atoms with Crippen LogP contribution in [0.15, 0.2) is 18.2 Å². The monoisotopic (exact) mass is 334 g/mol. The minimum absolute atomic E-state index is 0.278. The Labute approximate surface area is 135 Å². The third-order valence-electron chi connectivity index (χ3n) is 3.22. The highest BCUT2D eigenvalue weighted by atomic mass is 32.2. The van der Waals surface area contributed by atoms with Gasteiger partial charge in [-0.3, -0.25) is 0 Å². The van der Waals surface area contributed by atoms with Gasteiger partial charge in [0.1, 0.15) is 5.01 Å². The summed E-state index contributed by atoms with van der Waals surface area (Å²) < 4.78 is 12.6. The molecule has 1 aliphatic rings. The summed E-state index contributed by atoms with van der Waals surface area (Å²) in [6.45, 7) is 4.62. The maximum Gasteiger partial charge on any atom is 0.235 e. The number of thioether (sulfide) groups is 1. The van der Waals surface area contributed by atoms with Crippen LogP contribution in [0.2, 0.25) is 0 Å². The van der Waals surface area contributed by atoms with E-state index in [0.29, 0.717) is 5.25 Å². The minimum atomic E-state index is 0.278. The molecule has 3 aromatic rings. The van der Waals surface area contributed by atoms with Crippen LogP contribution in [-0.2, 0) is 5.75 Å². The van der Waals surface area contributed by atoms with Gasteiger partial charge in [0, 0.05) is 5.56 Å². The van der Waals surface area contributed by atoms with Crippen LogP contribution in [-0.4, -0.2) is 31.9 Å². The van der Waals surface area contributed by atoms with Crippen molar-refractivity contribution in [2.75, 3.05) is 6.79 Å². The Balaban J connectivity index is 1.68. The molecule has 4 rings (SSSR count). The topological polar surface area (TPSA) is 61.5 Å². The van der Waals surface area contributed by atoms with Crippen molar-refractivity contribution in [3.05, 3.63) is 24.0 Å². The maximum absolute atomic E-state index is 5.42. The van der Waals surface area contributed by atoms with Crippen molar-refractivity contribution >= 4 is 28.1 Å². The van der Waals surface area contributed by atoms with E-state index < -0.39 is 0 Å². The summed E-state index contributed by atoms with van der Waals surface area (Å²) in [5.41, 5.74) is 1.00. The molecule has 0 N–H and O–H groups in total. The zero-order chi connectivity index (χ0) is 15.1. The lowest BCUT2D eigenvalue weighted by Crippen LogP contribution is -1.96. The van der Waals surface area contributed by atoms with Gasteiger partial charge in [0.25, 0.3) is 0 Å². The summed E-state index contributed by atoms with van der Waals surface area (Å²) >= 11 is 3.35. The van der Waals surface area contributed by atoms with Gasteiger partial charge in [-0.05, 0) is 23.4 Å². The molecule has 0 aliphatic carbocycles. The van der Waals surface area contributed by atoms with E-state index in [1.807, 2.05) is 34.5 Å². The molecule has 2 aromatic heterocycles. The molecule has 6 nitrogen and oxygen atoms in total. The van der Waals surface area contributed by atoms with Crippen LogP contribution in [0, 0.1) is 0 Å². The van der Waals surface area contributed by atoms with Crippen molar-refractivity contribution in [2.45, 2.75) is 24.9 Å². The molecule has 1 aromatic carbocycles. The van der Waals surface area contributed by atoms with Crippen LogP contribution < -0.4 is 9.47 Å². The van der Waals surface area contributed by atoms with Gasteiger partial charge in [-0.25, -0.2) is 0 Å². The second-order valence-corrected chi connectivity index (χ2v) is 7.67. The van der Waals surface area contributed by atoms with E-state index in [0.717, 1.165) is 38.6 Å². The number of hydrogen-bond donors (Lipinski definition) is 0. The highest BCUT2D eigenvalue weighted by Crippen LogP contribution is 2.37. The van der Waals surface area contributed by atoms with Crippen molar-refractivity contribution in [3.8, 4) is 22.1 Å². The fourth-order valence-corrected chi connectivity index (χ4v) is 3.65. The molecule has 0 spiro atoms. The van der Waals surface area contributed by atoms with Gasteiger partial charge in [0.15, 0.2) is 17.3 Å². The van der Waals surface area contributed by atoms with Crippen LogP contribution in [0.25, 0.3) is 15.5 Å². The zero-order valence-corrected chi connectivity index (χ0v) is 13.8. The van der Waals surface area contributed by atoms with Crippen molar-refractivity contribution in [1.29, 1.82) is 0 Å². The second-order valence-electron chi connectivity index (χ2n) is 5.15. The van der Waals surface area contributed by atoms with E-state index >= 15 is 0 Å². The van der Waals surface area contributed by atoms with E-state index in [1.165, 1.54) is 11.3 Å². The fraction of sp³-hybridized carbons (Fsp3) is 0.357. The summed E-state index contributed by atoms with van der Waals surface area (Å²) in [5, 5.41) is 14.5. The van der Waals surface area contributed by atoms with E-state index in [1.54, 1.807) is 0 Å². The lowest BCUT2D eigenvalue weighted by molar-refractivity contribution is 0.174. The van der Waals surface area contributed by atoms with Gasteiger partial charge in [-0.15, -0.1) is 10.2 Å². The first kappa shape index (κ1) is 13.8. The SMILES string of the molecule is CC(C)SCc1nnc2sc(-c3ccc4c(c3)OCO4)nn12. The summed E-state index contributed by atoms with van der Waals surface area (Å²) in [6, 6.07) is 5.86. The number of hydrogen-bond acceptors (Lipinski definition) is 7. The quantitative estimate of drug-likeness (QED) is 0.730. The van der Waals surface area contributed by atoms with Crippen molar-refractivity contribution in [3.63, 3.8) is 0 Å². The smallest absolute Gasteiger partial charge is 0.235 e.